The van der Waals surface area contributed by atoms with Gasteiger partial charge >= 0.3 is 0 Å². The monoisotopic (exact) mass is 222 g/mol. The van der Waals surface area contributed by atoms with Crippen LogP contribution >= 0.6 is 11.3 Å². The minimum absolute atomic E-state index is 0.308. The van der Waals surface area contributed by atoms with Gasteiger partial charge in [0.15, 0.2) is 12.4 Å². The van der Waals surface area contributed by atoms with Crippen molar-refractivity contribution in [2.24, 2.45) is 5.16 Å². The largest absolute Gasteiger partial charge is 0.387 e. The third-order valence-electron chi connectivity index (χ3n) is 1.68. The van der Waals surface area contributed by atoms with Gasteiger partial charge in [-0.05, 0) is 18.4 Å². The molecule has 0 amide bonds. The van der Waals surface area contributed by atoms with E-state index in [1.54, 1.807) is 17.6 Å². The Morgan fingerprint density at radius 3 is 3.27 bits per heavy atom. The first kappa shape index (κ1) is 9.92. The van der Waals surface area contributed by atoms with Crippen LogP contribution in [0.3, 0.4) is 0 Å². The average molecular weight is 222 g/mol. The lowest BCUT2D eigenvalue weighted by atomic mass is 10.4. The fraction of sp³-hybridized carbons (Fsp3) is 0.200. The van der Waals surface area contributed by atoms with Gasteiger partial charge in [0.05, 0.1) is 11.9 Å². The Labute approximate surface area is 91.2 Å². The maximum Gasteiger partial charge on any atom is 0.177 e. The van der Waals surface area contributed by atoms with Crippen LogP contribution in [0.15, 0.2) is 33.3 Å². The lowest BCUT2D eigenvalue weighted by Crippen LogP contribution is -1.84. The van der Waals surface area contributed by atoms with Gasteiger partial charge in [0.2, 0.25) is 0 Å². The number of hydrogen-bond acceptors (Lipinski definition) is 5. The molecule has 0 aliphatic carbocycles. The summed E-state index contributed by atoms with van der Waals surface area (Å²) in [5, 5.41) is 9.54. The van der Waals surface area contributed by atoms with Crippen molar-refractivity contribution in [1.29, 1.82) is 0 Å². The molecule has 78 valence electrons. The predicted octanol–water partition coefficient (Wildman–Crippen LogP) is 2.60. The Morgan fingerprint density at radius 2 is 2.60 bits per heavy atom. The van der Waals surface area contributed by atoms with E-state index in [9.17, 15) is 0 Å². The molecule has 4 nitrogen and oxygen atoms in total. The van der Waals surface area contributed by atoms with E-state index in [0.717, 1.165) is 10.6 Å². The van der Waals surface area contributed by atoms with Crippen molar-refractivity contribution in [2.45, 2.75) is 13.5 Å². The van der Waals surface area contributed by atoms with Crippen LogP contribution in [-0.4, -0.2) is 11.4 Å². The zero-order valence-corrected chi connectivity index (χ0v) is 9.03. The van der Waals surface area contributed by atoms with Crippen molar-refractivity contribution in [1.82, 2.24) is 5.16 Å². The number of hydrogen-bond donors (Lipinski definition) is 0. The molecule has 15 heavy (non-hydrogen) atoms. The topological polar surface area (TPSA) is 47.6 Å². The molecule has 2 rings (SSSR count). The third-order valence-corrected chi connectivity index (χ3v) is 2.49. The van der Waals surface area contributed by atoms with E-state index in [4.69, 9.17) is 9.36 Å². The lowest BCUT2D eigenvalue weighted by Gasteiger charge is -1.92. The molecule has 0 radical (unpaired) electrons. The van der Waals surface area contributed by atoms with Crippen LogP contribution in [0.5, 0.6) is 0 Å². The second-order valence-electron chi connectivity index (χ2n) is 2.96. The van der Waals surface area contributed by atoms with Crippen molar-refractivity contribution in [2.75, 3.05) is 0 Å². The number of nitrogens with zero attached hydrogens (tertiary/aromatic N) is 2. The molecule has 0 aromatic carbocycles. The fourth-order valence-corrected chi connectivity index (χ4v) is 1.61. The third kappa shape index (κ3) is 2.92. The van der Waals surface area contributed by atoms with E-state index in [0.29, 0.717) is 12.4 Å². The molecule has 0 N–H and O–H groups in total. The van der Waals surface area contributed by atoms with Crippen LogP contribution in [0.1, 0.15) is 16.3 Å². The Balaban J connectivity index is 1.80. The summed E-state index contributed by atoms with van der Waals surface area (Å²) in [5.41, 5.74) is 0.843. The molecule has 0 spiro atoms. The van der Waals surface area contributed by atoms with Crippen molar-refractivity contribution >= 4 is 17.6 Å². The van der Waals surface area contributed by atoms with Crippen LogP contribution in [0.4, 0.5) is 0 Å². The van der Waals surface area contributed by atoms with Gasteiger partial charge in [0.25, 0.3) is 0 Å². The molecule has 0 saturated heterocycles. The molecule has 0 bridgehead atoms. The normalized spacial score (nSPS) is 11.0. The number of aromatic nitrogens is 1. The van der Waals surface area contributed by atoms with E-state index in [2.05, 4.69) is 10.3 Å². The van der Waals surface area contributed by atoms with Crippen LogP contribution < -0.4 is 0 Å². The van der Waals surface area contributed by atoms with Gasteiger partial charge < -0.3 is 9.36 Å². The average Bonchev–Trinajstić information content (AvgIpc) is 2.84. The van der Waals surface area contributed by atoms with Crippen molar-refractivity contribution < 1.29 is 9.36 Å². The highest BCUT2D eigenvalue weighted by Crippen LogP contribution is 2.06. The molecule has 2 aromatic rings. The molecule has 2 aromatic heterocycles. The first-order valence-corrected chi connectivity index (χ1v) is 5.33. The summed E-state index contributed by atoms with van der Waals surface area (Å²) in [7, 11) is 0. The Kier molecular flexibility index (Phi) is 3.14. The van der Waals surface area contributed by atoms with Gasteiger partial charge in [0, 0.05) is 10.9 Å². The van der Waals surface area contributed by atoms with E-state index >= 15 is 0 Å². The standard InChI is InChI=1S/C10H10N2O2S/c1-8-5-9(14-12-8)7-13-11-6-10-3-2-4-15-10/h2-6H,7H2,1H3/b11-6+. The SMILES string of the molecule is Cc1cc(CO/N=C/c2cccs2)on1. The molecular formula is C10H10N2O2S. The van der Waals surface area contributed by atoms with Crippen LogP contribution in [0.25, 0.3) is 0 Å². The quantitative estimate of drug-likeness (QED) is 0.590. The number of aryl methyl sites for hydroxylation is 1. The van der Waals surface area contributed by atoms with Crippen molar-refractivity contribution in [3.05, 3.63) is 39.9 Å². The summed E-state index contributed by atoms with van der Waals surface area (Å²) in [4.78, 5) is 6.11. The predicted molar refractivity (Wildman–Crippen MR) is 57.9 cm³/mol. The Bertz CT molecular complexity index is 434. The Hall–Kier alpha value is -1.62. The summed E-state index contributed by atoms with van der Waals surface area (Å²) >= 11 is 1.61. The van der Waals surface area contributed by atoms with Gasteiger partial charge in [-0.1, -0.05) is 16.4 Å². The van der Waals surface area contributed by atoms with Crippen LogP contribution in [0, 0.1) is 6.92 Å². The highest BCUT2D eigenvalue weighted by Gasteiger charge is 1.99. The molecular weight excluding hydrogens is 212 g/mol. The summed E-state index contributed by atoms with van der Waals surface area (Å²) in [5.74, 6) is 0.677. The zero-order chi connectivity index (χ0) is 10.5. The van der Waals surface area contributed by atoms with E-state index < -0.39 is 0 Å². The number of oxime groups is 1. The molecule has 0 saturated carbocycles. The minimum atomic E-state index is 0.308. The molecule has 0 aliphatic heterocycles. The van der Waals surface area contributed by atoms with E-state index in [1.165, 1.54) is 0 Å². The highest BCUT2D eigenvalue weighted by molar-refractivity contribution is 7.11. The lowest BCUT2D eigenvalue weighted by molar-refractivity contribution is 0.110. The van der Waals surface area contributed by atoms with E-state index in [-0.39, 0.29) is 0 Å². The Morgan fingerprint density at radius 1 is 1.67 bits per heavy atom. The van der Waals surface area contributed by atoms with Crippen LogP contribution in [0.2, 0.25) is 0 Å². The summed E-state index contributed by atoms with van der Waals surface area (Å²) in [6.45, 7) is 2.17. The first-order valence-electron chi connectivity index (χ1n) is 4.45. The zero-order valence-electron chi connectivity index (χ0n) is 8.21. The van der Waals surface area contributed by atoms with Gasteiger partial charge in [-0.2, -0.15) is 0 Å². The van der Waals surface area contributed by atoms with Gasteiger partial charge in [0.1, 0.15) is 0 Å². The summed E-state index contributed by atoms with van der Waals surface area (Å²) in [6, 6.07) is 5.75. The maximum atomic E-state index is 5.05. The number of rotatable bonds is 4. The van der Waals surface area contributed by atoms with Crippen molar-refractivity contribution in [3.8, 4) is 0 Å². The first-order chi connectivity index (χ1) is 7.34. The minimum Gasteiger partial charge on any atom is -0.387 e. The maximum absolute atomic E-state index is 5.05. The highest BCUT2D eigenvalue weighted by atomic mass is 32.1. The molecule has 0 fully saturated rings. The van der Waals surface area contributed by atoms with Gasteiger partial charge in [-0.25, -0.2) is 0 Å². The fourth-order valence-electron chi connectivity index (χ4n) is 1.04. The molecule has 2 heterocycles. The molecule has 5 heteroatoms. The molecule has 0 unspecified atom stereocenters. The molecule has 0 aliphatic rings. The summed E-state index contributed by atoms with van der Waals surface area (Å²) < 4.78 is 4.96. The number of thiophene rings is 1. The van der Waals surface area contributed by atoms with Crippen molar-refractivity contribution in [3.63, 3.8) is 0 Å². The second-order valence-corrected chi connectivity index (χ2v) is 3.94. The second kappa shape index (κ2) is 4.75. The summed E-state index contributed by atoms with van der Waals surface area (Å²) in [6.07, 6.45) is 1.67. The van der Waals surface area contributed by atoms with Gasteiger partial charge in [-0.15, -0.1) is 11.3 Å². The van der Waals surface area contributed by atoms with E-state index in [1.807, 2.05) is 30.5 Å². The molecule has 0 atom stereocenters. The van der Waals surface area contributed by atoms with Gasteiger partial charge in [-0.3, -0.25) is 0 Å². The smallest absolute Gasteiger partial charge is 0.177 e. The van der Waals surface area contributed by atoms with Crippen LogP contribution in [-0.2, 0) is 11.4 Å².